The molecule has 0 bridgehead atoms. The van der Waals surface area contributed by atoms with Gasteiger partial charge >= 0.3 is 22.4 Å². The Morgan fingerprint density at radius 3 is 1.92 bits per heavy atom. The number of nitrogens with two attached hydrogens (primary N) is 1. The maximum absolute atomic E-state index is 9.49. The van der Waals surface area contributed by atoms with E-state index in [9.17, 15) is 9.90 Å². The number of carboxylic acids is 1. The Morgan fingerprint density at radius 1 is 1.58 bits per heavy atom. The van der Waals surface area contributed by atoms with E-state index in [0.717, 1.165) is 6.54 Å². The molecule has 0 saturated carbocycles. The Morgan fingerprint density at radius 2 is 1.92 bits per heavy atom. The number of aliphatic carboxylic acids is 1. The van der Waals surface area contributed by atoms with Crippen LogP contribution in [0.2, 0.25) is 0 Å². The van der Waals surface area contributed by atoms with Crippen LogP contribution in [0.25, 0.3) is 0 Å². The second-order valence-corrected chi connectivity index (χ2v) is 2.21. The maximum atomic E-state index is 9.49. The van der Waals surface area contributed by atoms with Crippen LogP contribution in [0.5, 0.6) is 0 Å². The summed E-state index contributed by atoms with van der Waals surface area (Å²) in [6, 6.07) is 0. The molecule has 0 atom stereocenters. The summed E-state index contributed by atoms with van der Waals surface area (Å²) in [4.78, 5) is 9.49. The molecular formula is C8H16AgNO2. The summed E-state index contributed by atoms with van der Waals surface area (Å²) >= 11 is 0. The monoisotopic (exact) mass is 265 g/mol. The van der Waals surface area contributed by atoms with Crippen molar-refractivity contribution in [1.82, 2.24) is 0 Å². The molecule has 0 rings (SSSR count). The predicted molar refractivity (Wildman–Crippen MR) is 43.8 cm³/mol. The van der Waals surface area contributed by atoms with Gasteiger partial charge < -0.3 is 15.6 Å². The summed E-state index contributed by atoms with van der Waals surface area (Å²) in [5.41, 5.74) is 5.20. The van der Waals surface area contributed by atoms with E-state index >= 15 is 0 Å². The fourth-order valence-corrected chi connectivity index (χ4v) is 0.204. The molecule has 0 saturated heterocycles. The van der Waals surface area contributed by atoms with Gasteiger partial charge in [-0.3, -0.25) is 0 Å². The molecule has 0 heterocycles. The van der Waals surface area contributed by atoms with Crippen molar-refractivity contribution in [3.63, 3.8) is 0 Å². The predicted octanol–water partition coefficient (Wildman–Crippen LogP) is 0.0551. The van der Waals surface area contributed by atoms with Crippen molar-refractivity contribution < 1.29 is 32.3 Å². The van der Waals surface area contributed by atoms with E-state index in [1.165, 1.54) is 19.8 Å². The average Bonchev–Trinajstić information content (AvgIpc) is 1.90. The first-order valence-electron chi connectivity index (χ1n) is 3.63. The molecule has 0 radical (unpaired) electrons. The van der Waals surface area contributed by atoms with Crippen molar-refractivity contribution in [2.45, 2.75) is 26.7 Å². The van der Waals surface area contributed by atoms with Crippen molar-refractivity contribution >= 4 is 5.97 Å². The van der Waals surface area contributed by atoms with Crippen LogP contribution in [0.4, 0.5) is 0 Å². The summed E-state index contributed by atoms with van der Waals surface area (Å²) in [5.74, 6) is -1.19. The molecule has 0 spiro atoms. The van der Waals surface area contributed by atoms with Gasteiger partial charge in [-0.15, -0.1) is 0 Å². The minimum atomic E-state index is -1.19. The third kappa shape index (κ3) is 22.5. The Hall–Kier alpha value is -0.0897. The van der Waals surface area contributed by atoms with Gasteiger partial charge in [0, 0.05) is 0 Å². The van der Waals surface area contributed by atoms with E-state index in [1.54, 1.807) is 0 Å². The molecule has 3 nitrogen and oxygen atoms in total. The number of carbonyl (C=O) groups is 1. The Labute approximate surface area is 89.5 Å². The van der Waals surface area contributed by atoms with E-state index in [2.05, 4.69) is 13.5 Å². The quantitative estimate of drug-likeness (QED) is 0.580. The SMILES string of the molecule is C=C(C)C(=O)[O-].CCCCN.[Ag+]. The van der Waals surface area contributed by atoms with E-state index in [4.69, 9.17) is 5.73 Å². The molecule has 0 aliphatic rings. The fraction of sp³-hybridized carbons (Fsp3) is 0.625. The maximum Gasteiger partial charge on any atom is 1.00 e. The van der Waals surface area contributed by atoms with E-state index in [1.807, 2.05) is 0 Å². The van der Waals surface area contributed by atoms with Crippen LogP contribution in [0, 0.1) is 0 Å². The van der Waals surface area contributed by atoms with E-state index in [0.29, 0.717) is 0 Å². The summed E-state index contributed by atoms with van der Waals surface area (Å²) in [6.45, 7) is 7.45. The summed E-state index contributed by atoms with van der Waals surface area (Å²) < 4.78 is 0. The standard InChI is InChI=1S/C4H11N.C4H6O2.Ag/c1-2-3-4-5;1-3(2)4(5)6;/h2-5H2,1H3;1H2,2H3,(H,5,6);/q;;+1/p-1. The molecular weight excluding hydrogens is 250 g/mol. The summed E-state index contributed by atoms with van der Waals surface area (Å²) in [7, 11) is 0. The van der Waals surface area contributed by atoms with Crippen molar-refractivity contribution in [3.8, 4) is 0 Å². The third-order valence-electron chi connectivity index (χ3n) is 0.906. The van der Waals surface area contributed by atoms with Crippen LogP contribution < -0.4 is 10.8 Å². The van der Waals surface area contributed by atoms with Crippen LogP contribution in [0.15, 0.2) is 12.2 Å². The number of unbranched alkanes of at least 4 members (excludes halogenated alkanes) is 1. The van der Waals surface area contributed by atoms with Crippen LogP contribution >= 0.6 is 0 Å². The molecule has 0 amide bonds. The molecule has 12 heavy (non-hydrogen) atoms. The Bertz CT molecular complexity index is 112. The molecule has 4 heteroatoms. The second-order valence-electron chi connectivity index (χ2n) is 2.21. The molecule has 76 valence electrons. The van der Waals surface area contributed by atoms with Crippen molar-refractivity contribution in [2.24, 2.45) is 5.73 Å². The normalized spacial score (nSPS) is 7.25. The molecule has 0 unspecified atom stereocenters. The largest absolute Gasteiger partial charge is 1.00 e. The number of carboxylic acid groups (broad SMARTS) is 1. The number of carbonyl (C=O) groups excluding carboxylic acids is 1. The second kappa shape index (κ2) is 13.5. The molecule has 0 aliphatic carbocycles. The number of rotatable bonds is 3. The zero-order valence-electron chi connectivity index (χ0n) is 7.52. The van der Waals surface area contributed by atoms with Crippen molar-refractivity contribution in [1.29, 1.82) is 0 Å². The van der Waals surface area contributed by atoms with Crippen molar-refractivity contribution in [2.75, 3.05) is 6.54 Å². The van der Waals surface area contributed by atoms with E-state index < -0.39 is 5.97 Å². The summed E-state index contributed by atoms with van der Waals surface area (Å²) in [6.07, 6.45) is 2.39. The number of hydrogen-bond donors (Lipinski definition) is 1. The van der Waals surface area contributed by atoms with Gasteiger partial charge in [-0.2, -0.15) is 0 Å². The zero-order chi connectivity index (χ0) is 9.28. The fourth-order valence-electron chi connectivity index (χ4n) is 0.204. The topological polar surface area (TPSA) is 66.1 Å². The minimum absolute atomic E-state index is 0. The van der Waals surface area contributed by atoms with Gasteiger partial charge in [-0.1, -0.05) is 19.9 Å². The summed E-state index contributed by atoms with van der Waals surface area (Å²) in [5, 5.41) is 9.49. The van der Waals surface area contributed by atoms with Gasteiger partial charge in [0.1, 0.15) is 0 Å². The van der Waals surface area contributed by atoms with Gasteiger partial charge in [-0.25, -0.2) is 0 Å². The molecule has 0 aromatic rings. The van der Waals surface area contributed by atoms with Gasteiger partial charge in [0.05, 0.1) is 5.97 Å². The zero-order valence-corrected chi connectivity index (χ0v) is 9.01. The van der Waals surface area contributed by atoms with Crippen molar-refractivity contribution in [3.05, 3.63) is 12.2 Å². The first-order chi connectivity index (χ1) is 5.06. The average molecular weight is 266 g/mol. The first kappa shape index (κ1) is 17.9. The van der Waals surface area contributed by atoms with Crippen LogP contribution in [0.3, 0.4) is 0 Å². The Kier molecular flexibility index (Phi) is 20.1. The molecule has 0 aliphatic heterocycles. The third-order valence-corrected chi connectivity index (χ3v) is 0.906. The Balaban J connectivity index is -0.000000126. The van der Waals surface area contributed by atoms with Gasteiger partial charge in [0.15, 0.2) is 0 Å². The molecule has 0 fully saturated rings. The smallest absolute Gasteiger partial charge is 0.545 e. The number of hydrogen-bond acceptors (Lipinski definition) is 3. The first-order valence-corrected chi connectivity index (χ1v) is 3.63. The van der Waals surface area contributed by atoms with Crippen LogP contribution in [-0.2, 0) is 27.2 Å². The van der Waals surface area contributed by atoms with Crippen LogP contribution in [-0.4, -0.2) is 12.5 Å². The minimum Gasteiger partial charge on any atom is -0.545 e. The van der Waals surface area contributed by atoms with Gasteiger partial charge in [0.25, 0.3) is 0 Å². The van der Waals surface area contributed by atoms with E-state index in [-0.39, 0.29) is 28.0 Å². The van der Waals surface area contributed by atoms with Crippen LogP contribution in [0.1, 0.15) is 26.7 Å². The molecule has 0 aromatic heterocycles. The van der Waals surface area contributed by atoms with Gasteiger partial charge in [-0.05, 0) is 25.5 Å². The molecule has 0 aromatic carbocycles. The molecule has 2 N–H and O–H groups in total. The van der Waals surface area contributed by atoms with Gasteiger partial charge in [0.2, 0.25) is 0 Å².